The first-order valence-corrected chi connectivity index (χ1v) is 15.8. The first kappa shape index (κ1) is 24.7. The smallest absolute Gasteiger partial charge is 0.000705 e. The van der Waals surface area contributed by atoms with Crippen LogP contribution in [0.15, 0.2) is 158 Å². The topological polar surface area (TPSA) is 0 Å². The fourth-order valence-corrected chi connectivity index (χ4v) is 8.19. The molecule has 0 heterocycles. The standard InChI is InChI=1S/C45H28/c1-2-14-31-28(12-1)13-11-23-35(31)44-39-21-9-7-19-37(39)43(38-20-8-10-22-40(38)44)30-25-24-29-26-42-34-17-4-3-15-32(34)33-16-5-6-18-36(33)45(42)41(29)27-30/h1-25,27H,26H2. The predicted molar refractivity (Wildman–Crippen MR) is 193 cm³/mol. The van der Waals surface area contributed by atoms with Gasteiger partial charge in [0.2, 0.25) is 0 Å². The Kier molecular flexibility index (Phi) is 5.15. The van der Waals surface area contributed by atoms with Crippen molar-refractivity contribution < 1.29 is 0 Å². The molecule has 0 N–H and O–H groups in total. The molecule has 0 saturated heterocycles. The minimum Gasteiger partial charge on any atom is -0.0616 e. The molecule has 0 spiro atoms. The van der Waals surface area contributed by atoms with E-state index in [4.69, 9.17) is 0 Å². The Balaban J connectivity index is 1.29. The first-order chi connectivity index (χ1) is 22.3. The highest BCUT2D eigenvalue weighted by atomic mass is 14.3. The third-order valence-corrected chi connectivity index (χ3v) is 10.1. The summed E-state index contributed by atoms with van der Waals surface area (Å²) < 4.78 is 0. The summed E-state index contributed by atoms with van der Waals surface area (Å²) in [5.41, 5.74) is 10.8. The summed E-state index contributed by atoms with van der Waals surface area (Å²) in [4.78, 5) is 0. The summed E-state index contributed by atoms with van der Waals surface area (Å²) >= 11 is 0. The fraction of sp³-hybridized carbons (Fsp3) is 0.0222. The van der Waals surface area contributed by atoms with E-state index in [0.717, 1.165) is 6.42 Å². The maximum absolute atomic E-state index is 2.48. The van der Waals surface area contributed by atoms with E-state index >= 15 is 0 Å². The number of benzene rings is 9. The Hall–Kier alpha value is -5.72. The molecule has 0 atom stereocenters. The van der Waals surface area contributed by atoms with Crippen molar-refractivity contribution in [3.8, 4) is 33.4 Å². The van der Waals surface area contributed by atoms with Crippen molar-refractivity contribution in [2.45, 2.75) is 6.42 Å². The SMILES string of the molecule is c1ccc2c(-c3c4ccccc4c(-c4ccc5c(c4)-c4c(c6ccccc6c6ccccc46)C5)c4ccccc34)cccc2c1. The minimum absolute atomic E-state index is 0.970. The summed E-state index contributed by atoms with van der Waals surface area (Å²) in [6.07, 6.45) is 0.970. The van der Waals surface area contributed by atoms with E-state index in [0.29, 0.717) is 0 Å². The van der Waals surface area contributed by atoms with Crippen LogP contribution in [0.2, 0.25) is 0 Å². The van der Waals surface area contributed by atoms with Gasteiger partial charge < -0.3 is 0 Å². The Bertz CT molecular complexity index is 2610. The Morgan fingerprint density at radius 2 is 0.800 bits per heavy atom. The summed E-state index contributed by atoms with van der Waals surface area (Å²) in [6.45, 7) is 0. The van der Waals surface area contributed by atoms with Crippen molar-refractivity contribution in [1.29, 1.82) is 0 Å². The zero-order valence-corrected chi connectivity index (χ0v) is 24.7. The van der Waals surface area contributed by atoms with Crippen LogP contribution in [0, 0.1) is 0 Å². The van der Waals surface area contributed by atoms with Crippen molar-refractivity contribution in [3.63, 3.8) is 0 Å². The summed E-state index contributed by atoms with van der Waals surface area (Å²) in [5, 5.41) is 13.1. The van der Waals surface area contributed by atoms with Crippen LogP contribution in [-0.4, -0.2) is 0 Å². The molecule has 208 valence electrons. The highest BCUT2D eigenvalue weighted by Crippen LogP contribution is 2.49. The predicted octanol–water partition coefficient (Wildman–Crippen LogP) is 12.4. The normalized spacial score (nSPS) is 12.4. The van der Waals surface area contributed by atoms with Crippen LogP contribution in [0.3, 0.4) is 0 Å². The Morgan fingerprint density at radius 3 is 1.47 bits per heavy atom. The fourth-order valence-electron chi connectivity index (χ4n) is 8.19. The molecule has 0 bridgehead atoms. The molecule has 0 aliphatic heterocycles. The van der Waals surface area contributed by atoms with Gasteiger partial charge in [-0.15, -0.1) is 0 Å². The van der Waals surface area contributed by atoms with Crippen LogP contribution in [0.5, 0.6) is 0 Å². The second kappa shape index (κ2) is 9.39. The lowest BCUT2D eigenvalue weighted by Gasteiger charge is -2.19. The average molecular weight is 569 g/mol. The molecule has 0 heteroatoms. The van der Waals surface area contributed by atoms with Gasteiger partial charge in [-0.05, 0) is 111 Å². The monoisotopic (exact) mass is 568 g/mol. The third kappa shape index (κ3) is 3.48. The van der Waals surface area contributed by atoms with Crippen LogP contribution in [0.1, 0.15) is 11.1 Å². The molecule has 0 fully saturated rings. The van der Waals surface area contributed by atoms with Crippen molar-refractivity contribution in [2.75, 3.05) is 0 Å². The number of hydrogen-bond acceptors (Lipinski definition) is 0. The molecular weight excluding hydrogens is 540 g/mol. The lowest BCUT2D eigenvalue weighted by molar-refractivity contribution is 1.29. The number of hydrogen-bond donors (Lipinski definition) is 0. The van der Waals surface area contributed by atoms with Crippen LogP contribution in [-0.2, 0) is 6.42 Å². The molecule has 0 unspecified atom stereocenters. The molecule has 1 aliphatic rings. The summed E-state index contributed by atoms with van der Waals surface area (Å²) in [7, 11) is 0. The van der Waals surface area contributed by atoms with Crippen LogP contribution < -0.4 is 0 Å². The van der Waals surface area contributed by atoms with Gasteiger partial charge in [-0.1, -0.05) is 152 Å². The highest BCUT2D eigenvalue weighted by molar-refractivity contribution is 6.24. The van der Waals surface area contributed by atoms with E-state index in [1.807, 2.05) is 0 Å². The maximum atomic E-state index is 2.48. The van der Waals surface area contributed by atoms with E-state index in [9.17, 15) is 0 Å². The van der Waals surface area contributed by atoms with Gasteiger partial charge in [-0.3, -0.25) is 0 Å². The van der Waals surface area contributed by atoms with E-state index in [1.54, 1.807) is 0 Å². The van der Waals surface area contributed by atoms with Gasteiger partial charge >= 0.3 is 0 Å². The van der Waals surface area contributed by atoms with Gasteiger partial charge in [0.25, 0.3) is 0 Å². The number of rotatable bonds is 2. The molecule has 10 rings (SSSR count). The molecule has 9 aromatic rings. The lowest BCUT2D eigenvalue weighted by Crippen LogP contribution is -1.92. The van der Waals surface area contributed by atoms with Gasteiger partial charge in [0.1, 0.15) is 0 Å². The quantitative estimate of drug-likeness (QED) is 0.144. The second-order valence-electron chi connectivity index (χ2n) is 12.4. The Morgan fingerprint density at radius 1 is 0.311 bits per heavy atom. The average Bonchev–Trinajstić information content (AvgIpc) is 3.50. The van der Waals surface area contributed by atoms with Crippen LogP contribution in [0.25, 0.3) is 87.2 Å². The van der Waals surface area contributed by atoms with Gasteiger partial charge in [0.15, 0.2) is 0 Å². The Labute approximate surface area is 261 Å². The molecule has 0 radical (unpaired) electrons. The largest absolute Gasteiger partial charge is 0.0616 e. The second-order valence-corrected chi connectivity index (χ2v) is 12.4. The van der Waals surface area contributed by atoms with Crippen LogP contribution in [0.4, 0.5) is 0 Å². The molecule has 0 aromatic heterocycles. The highest BCUT2D eigenvalue weighted by Gasteiger charge is 2.25. The van der Waals surface area contributed by atoms with Crippen molar-refractivity contribution in [1.82, 2.24) is 0 Å². The summed E-state index contributed by atoms with van der Waals surface area (Å²) in [5.74, 6) is 0. The zero-order valence-electron chi connectivity index (χ0n) is 24.7. The molecule has 0 saturated carbocycles. The summed E-state index contributed by atoms with van der Waals surface area (Å²) in [6, 6.07) is 58.6. The molecular formula is C45H28. The molecule has 1 aliphatic carbocycles. The molecule has 0 nitrogen and oxygen atoms in total. The molecule has 0 amide bonds. The number of fused-ring (bicyclic) bond motifs is 11. The lowest BCUT2D eigenvalue weighted by atomic mass is 9.84. The van der Waals surface area contributed by atoms with Crippen molar-refractivity contribution in [3.05, 3.63) is 169 Å². The molecule has 9 aromatic carbocycles. The third-order valence-electron chi connectivity index (χ3n) is 10.1. The van der Waals surface area contributed by atoms with Gasteiger partial charge in [0, 0.05) is 0 Å². The molecule has 45 heavy (non-hydrogen) atoms. The van der Waals surface area contributed by atoms with E-state index in [1.165, 1.54) is 98.4 Å². The maximum Gasteiger partial charge on any atom is -0.000705 e. The van der Waals surface area contributed by atoms with Gasteiger partial charge in [-0.25, -0.2) is 0 Å². The minimum atomic E-state index is 0.970. The zero-order chi connectivity index (χ0) is 29.5. The van der Waals surface area contributed by atoms with E-state index in [2.05, 4.69) is 158 Å². The van der Waals surface area contributed by atoms with E-state index in [-0.39, 0.29) is 0 Å². The van der Waals surface area contributed by atoms with Crippen molar-refractivity contribution >= 4 is 53.9 Å². The first-order valence-electron chi connectivity index (χ1n) is 15.8. The van der Waals surface area contributed by atoms with Gasteiger partial charge in [-0.2, -0.15) is 0 Å². The van der Waals surface area contributed by atoms with Crippen molar-refractivity contribution in [2.24, 2.45) is 0 Å². The van der Waals surface area contributed by atoms with Crippen LogP contribution >= 0.6 is 0 Å². The van der Waals surface area contributed by atoms with E-state index < -0.39 is 0 Å². The van der Waals surface area contributed by atoms with Gasteiger partial charge in [0.05, 0.1) is 0 Å².